The van der Waals surface area contributed by atoms with Gasteiger partial charge in [0.2, 0.25) is 0 Å². The normalized spacial score (nSPS) is 28.0. The molecule has 0 amide bonds. The lowest BCUT2D eigenvalue weighted by molar-refractivity contribution is -0.360. The third-order valence-corrected chi connectivity index (χ3v) is 18.9. The highest BCUT2D eigenvalue weighted by Crippen LogP contribution is 2.49. The van der Waals surface area contributed by atoms with Gasteiger partial charge in [-0.25, -0.2) is 14.2 Å². The van der Waals surface area contributed by atoms with Crippen LogP contribution in [0.25, 0.3) is 0 Å². The summed E-state index contributed by atoms with van der Waals surface area (Å²) < 4.78 is 64.5. The van der Waals surface area contributed by atoms with Gasteiger partial charge in [-0.1, -0.05) is 236 Å². The molecule has 0 radical (unpaired) electrons. The van der Waals surface area contributed by atoms with E-state index >= 15 is 0 Å². The molecule has 2 aliphatic heterocycles. The highest BCUT2D eigenvalue weighted by Gasteiger charge is 2.58. The summed E-state index contributed by atoms with van der Waals surface area (Å²) in [4.78, 5) is 50.7. The lowest BCUT2D eigenvalue weighted by Gasteiger charge is -2.49. The van der Waals surface area contributed by atoms with E-state index in [-0.39, 0.29) is 6.42 Å². The van der Waals surface area contributed by atoms with Crippen molar-refractivity contribution in [3.8, 4) is 0 Å². The predicted molar refractivity (Wildman–Crippen MR) is 370 cm³/mol. The predicted octanol–water partition coefficient (Wildman–Crippen LogP) is 9.85. The van der Waals surface area contributed by atoms with Gasteiger partial charge in [-0.15, -0.1) is 0 Å². The van der Waals surface area contributed by atoms with Crippen molar-refractivity contribution in [2.75, 3.05) is 26.4 Å². The third-order valence-electron chi connectivity index (χ3n) is 18.0. The standard InChI is InChI=1S/C73H127O24P/c1-4-7-10-13-16-19-22-25-27-30-33-35-38-41-44-47-57(75)89-51-54(92-59(77)49-46-43-40-37-34-31-28-26-23-20-17-14-11-8-5-2)52-91-98(87,88)97-71-69(95-72-67(85)62(80)60(78)55(50-74)93-72)65(83)64(82)66(84)70(71)96-73-68(86)63(81)61(79)56(94-73)53-90-58(76)48-45-42-39-36-32-29-24-21-18-15-12-9-6-3/h29,32,38,40-41,43-44,46-47,49,54-56,60-74,78-86H,4-28,30-31,33-37,39,42,45,48,50-53H2,1-3H3,(H,87,88)/b32-29-,41-38+,43-40+,47-44+,49-46+. The quantitative estimate of drug-likeness (QED) is 0.00513. The Hall–Kier alpha value is -3.34. The molecule has 3 rings (SSSR count). The third kappa shape index (κ3) is 37.2. The van der Waals surface area contributed by atoms with Gasteiger partial charge >= 0.3 is 25.7 Å². The molecule has 0 aromatic carbocycles. The van der Waals surface area contributed by atoms with Crippen LogP contribution >= 0.6 is 7.82 Å². The first-order chi connectivity index (χ1) is 47.3. The van der Waals surface area contributed by atoms with Gasteiger partial charge in [0.1, 0.15) is 98.7 Å². The topological polar surface area (TPSA) is 374 Å². The molecular weight excluding hydrogens is 1290 g/mol. The molecule has 98 heavy (non-hydrogen) atoms. The maximum Gasteiger partial charge on any atom is 0.472 e. The molecule has 24 nitrogen and oxygen atoms in total. The Balaban J connectivity index is 1.79. The molecule has 0 bridgehead atoms. The largest absolute Gasteiger partial charge is 0.472 e. The van der Waals surface area contributed by atoms with E-state index in [1.165, 1.54) is 147 Å². The van der Waals surface area contributed by atoms with Crippen LogP contribution in [0, 0.1) is 0 Å². The molecule has 0 spiro atoms. The highest BCUT2D eigenvalue weighted by molar-refractivity contribution is 7.47. The molecule has 0 aromatic rings. The molecule has 568 valence electrons. The van der Waals surface area contributed by atoms with Gasteiger partial charge < -0.3 is 89.1 Å². The monoisotopic (exact) mass is 1420 g/mol. The summed E-state index contributed by atoms with van der Waals surface area (Å²) in [5.41, 5.74) is 0. The summed E-state index contributed by atoms with van der Waals surface area (Å²) in [7, 11) is -5.75. The van der Waals surface area contributed by atoms with Crippen molar-refractivity contribution in [1.82, 2.24) is 0 Å². The number of allylic oxidation sites excluding steroid dienone is 8. The van der Waals surface area contributed by atoms with Gasteiger partial charge in [-0.05, 0) is 57.8 Å². The van der Waals surface area contributed by atoms with E-state index in [4.69, 9.17) is 42.2 Å². The summed E-state index contributed by atoms with van der Waals surface area (Å²) in [6.07, 6.45) is 20.1. The van der Waals surface area contributed by atoms with Crippen LogP contribution in [0.1, 0.15) is 252 Å². The van der Waals surface area contributed by atoms with Crippen LogP contribution in [-0.2, 0) is 61.2 Å². The Bertz CT molecular complexity index is 2270. The number of phosphoric ester groups is 1. The minimum absolute atomic E-state index is 0.000691. The number of carbonyl (C=O) groups is 3. The van der Waals surface area contributed by atoms with Crippen LogP contribution in [0.5, 0.6) is 0 Å². The molecule has 11 N–H and O–H groups in total. The molecule has 2 saturated heterocycles. The van der Waals surface area contributed by atoms with E-state index < -0.39 is 156 Å². The van der Waals surface area contributed by atoms with E-state index in [0.717, 1.165) is 89.2 Å². The molecule has 25 heteroatoms. The Kier molecular flexibility index (Phi) is 49.3. The molecule has 3 aliphatic rings. The molecule has 18 unspecified atom stereocenters. The average molecular weight is 1420 g/mol. The van der Waals surface area contributed by atoms with E-state index in [2.05, 4.69) is 32.9 Å². The highest BCUT2D eigenvalue weighted by atomic mass is 31.2. The second-order valence-electron chi connectivity index (χ2n) is 26.4. The molecular formula is C73H127O24P. The van der Waals surface area contributed by atoms with Crippen LogP contribution in [0.2, 0.25) is 0 Å². The number of phosphoric acid groups is 1. The number of unbranched alkanes of at least 4 members (excludes halogenated alkanes) is 31. The first-order valence-electron chi connectivity index (χ1n) is 37.2. The molecule has 3 fully saturated rings. The summed E-state index contributed by atoms with van der Waals surface area (Å²) >= 11 is 0. The van der Waals surface area contributed by atoms with Gasteiger partial charge in [0.25, 0.3) is 0 Å². The fourth-order valence-electron chi connectivity index (χ4n) is 11.9. The van der Waals surface area contributed by atoms with Crippen molar-refractivity contribution in [2.45, 2.75) is 356 Å². The Morgan fingerprint density at radius 2 is 0.796 bits per heavy atom. The second-order valence-corrected chi connectivity index (χ2v) is 27.8. The van der Waals surface area contributed by atoms with E-state index in [1.807, 2.05) is 12.2 Å². The molecule has 1 saturated carbocycles. The fourth-order valence-corrected chi connectivity index (χ4v) is 12.8. The Morgan fingerprint density at radius 1 is 0.418 bits per heavy atom. The van der Waals surface area contributed by atoms with Crippen LogP contribution in [-0.4, -0.2) is 204 Å². The van der Waals surface area contributed by atoms with Crippen molar-refractivity contribution in [1.29, 1.82) is 0 Å². The Labute approximate surface area is 583 Å². The lowest BCUT2D eigenvalue weighted by atomic mass is 9.84. The van der Waals surface area contributed by atoms with E-state index in [1.54, 1.807) is 12.2 Å². The summed E-state index contributed by atoms with van der Waals surface area (Å²) in [6.45, 7) is 3.18. The van der Waals surface area contributed by atoms with Crippen molar-refractivity contribution in [2.24, 2.45) is 0 Å². The number of ether oxygens (including phenoxy) is 7. The Morgan fingerprint density at radius 3 is 1.23 bits per heavy atom. The molecule has 2 heterocycles. The van der Waals surface area contributed by atoms with Gasteiger partial charge in [-0.2, -0.15) is 0 Å². The molecule has 1 aliphatic carbocycles. The number of aliphatic hydroxyl groups excluding tert-OH is 10. The van der Waals surface area contributed by atoms with Gasteiger partial charge in [0.15, 0.2) is 18.7 Å². The van der Waals surface area contributed by atoms with Crippen LogP contribution < -0.4 is 0 Å². The van der Waals surface area contributed by atoms with Gasteiger partial charge in [0.05, 0.1) is 13.2 Å². The van der Waals surface area contributed by atoms with Crippen molar-refractivity contribution in [3.63, 3.8) is 0 Å². The summed E-state index contributed by atoms with van der Waals surface area (Å²) in [6, 6.07) is 0. The zero-order chi connectivity index (χ0) is 71.8. The first-order valence-corrected chi connectivity index (χ1v) is 38.6. The second kappa shape index (κ2) is 54.3. The maximum absolute atomic E-state index is 14.3. The number of aliphatic hydroxyl groups is 10. The van der Waals surface area contributed by atoms with Crippen LogP contribution in [0.4, 0.5) is 0 Å². The van der Waals surface area contributed by atoms with Gasteiger partial charge in [0, 0.05) is 18.6 Å². The first kappa shape index (κ1) is 88.9. The summed E-state index contributed by atoms with van der Waals surface area (Å²) in [5.74, 6) is -2.53. The summed E-state index contributed by atoms with van der Waals surface area (Å²) in [5, 5.41) is 110. The maximum atomic E-state index is 14.3. The van der Waals surface area contributed by atoms with Crippen molar-refractivity contribution >= 4 is 25.7 Å². The number of carbonyl (C=O) groups excluding carboxylic acids is 3. The molecule has 0 aromatic heterocycles. The average Bonchev–Trinajstić information content (AvgIpc) is 0.764. The lowest BCUT2D eigenvalue weighted by Crippen LogP contribution is -2.69. The number of esters is 3. The zero-order valence-electron chi connectivity index (χ0n) is 59.0. The number of hydrogen-bond acceptors (Lipinski definition) is 23. The van der Waals surface area contributed by atoms with Crippen LogP contribution in [0.15, 0.2) is 60.8 Å². The number of hydrogen-bond donors (Lipinski definition) is 11. The van der Waals surface area contributed by atoms with Crippen molar-refractivity contribution in [3.05, 3.63) is 60.8 Å². The minimum Gasteiger partial charge on any atom is -0.463 e. The van der Waals surface area contributed by atoms with Crippen LogP contribution in [0.3, 0.4) is 0 Å². The van der Waals surface area contributed by atoms with E-state index in [0.29, 0.717) is 12.8 Å². The SMILES string of the molecule is CCCCCCCC/C=C\CCCCCC(=O)OCC1OC(OC2C(O)C(O)C(O)C(OC3OC(CO)C(O)C(O)C3O)C2OP(=O)(O)OCC(COC(=O)/C=C/C=C/CCCCCCCCCCCCC)OC(=O)/C=C/C=C/CCCCCCCCCCCCC)C(O)C(O)C1O. The molecule has 18 atom stereocenters. The smallest absolute Gasteiger partial charge is 0.463 e. The van der Waals surface area contributed by atoms with Gasteiger partial charge in [-0.3, -0.25) is 13.8 Å². The minimum atomic E-state index is -5.75. The fraction of sp³-hybridized carbons (Fsp3) is 0.822. The zero-order valence-corrected chi connectivity index (χ0v) is 59.9. The van der Waals surface area contributed by atoms with E-state index in [9.17, 15) is 74.9 Å². The number of rotatable bonds is 56. The van der Waals surface area contributed by atoms with Crippen molar-refractivity contribution < 1.29 is 117 Å².